The van der Waals surface area contributed by atoms with E-state index in [2.05, 4.69) is 109 Å². The van der Waals surface area contributed by atoms with E-state index in [1.165, 1.54) is 73.9 Å². The smallest absolute Gasteiger partial charge is 0.366 e. The SMILES string of the molecule is CNC(=O)c1ccc(S(=O)(=O)Nc2nc(C)nc(-c3ccccn3)n2)cc1.Cc1nc(NS(=O)(=O)c2ccc(-c3ccn(C)n3)cc2)nc(-c2ccccn2)n1.Cc1nc(NS(=O)(=O)c2ccc(C(=O)NC(F)(F)F)cc2)nc(-c2ccccn2)n1.Cc1nc(NS(=O)(=O)c2ccc(C(N)=O)cc2)nc(-c2ccccn2)n1. The number of aromatic nitrogens is 18. The molecule has 0 aliphatic heterocycles. The summed E-state index contributed by atoms with van der Waals surface area (Å²) in [5.41, 5.74) is 8.84. The van der Waals surface area contributed by atoms with Gasteiger partial charge in [-0.3, -0.25) is 44.3 Å². The molecule has 8 N–H and O–H groups in total. The van der Waals surface area contributed by atoms with Crippen molar-refractivity contribution in [3.05, 3.63) is 247 Å². The summed E-state index contributed by atoms with van der Waals surface area (Å²) in [6.07, 6.45) is 3.23. The van der Waals surface area contributed by atoms with Gasteiger partial charge in [-0.15, -0.1) is 0 Å². The highest BCUT2D eigenvalue weighted by atomic mass is 32.2. The lowest BCUT2D eigenvalue weighted by Crippen LogP contribution is -2.37. The third kappa shape index (κ3) is 22.1. The quantitative estimate of drug-likeness (QED) is 0.0368. The molecule has 43 heteroatoms. The van der Waals surface area contributed by atoms with E-state index in [0.717, 1.165) is 40.8 Å². The minimum absolute atomic E-state index is 0.0207. The monoisotopic (exact) mass is 1600 g/mol. The summed E-state index contributed by atoms with van der Waals surface area (Å²) in [7, 11) is -12.6. The number of carbonyl (C=O) groups is 3. The van der Waals surface area contributed by atoms with E-state index < -0.39 is 58.2 Å². The molecule has 9 heterocycles. The van der Waals surface area contributed by atoms with Crippen LogP contribution in [0, 0.1) is 27.7 Å². The molecule has 0 fully saturated rings. The van der Waals surface area contributed by atoms with Crippen molar-refractivity contribution in [2.45, 2.75) is 53.6 Å². The molecule has 13 aromatic rings. The summed E-state index contributed by atoms with van der Waals surface area (Å²) in [6.45, 7) is 6.45. The number of amides is 3. The van der Waals surface area contributed by atoms with Crippen LogP contribution in [0.1, 0.15) is 54.4 Å². The van der Waals surface area contributed by atoms with Crippen LogP contribution in [0.2, 0.25) is 0 Å². The van der Waals surface area contributed by atoms with Crippen LogP contribution in [-0.4, -0.2) is 154 Å². The Morgan fingerprint density at radius 2 is 0.652 bits per heavy atom. The number of nitrogens with zero attached hydrogens (tertiary/aromatic N) is 18. The fourth-order valence-corrected chi connectivity index (χ4v) is 13.1. The Balaban J connectivity index is 0.000000159. The number of anilines is 4. The standard InChI is InChI=1S/C19H17N7O2S.C17H13F3N6O3S.C17H16N6O3S.C16H14N6O3S/c1-13-21-18(17-5-3-4-11-20-17)23-19(22-13)25-29(27,28)15-8-6-14(7-9-15)16-10-12-26(2)24-16;1-10-22-14(13-4-2-3-9-21-13)24-16(23-10)26-30(28,29)12-7-5-11(6-8-12)15(27)25-17(18,19)20;1-11-20-15(14-5-3-4-10-19-14)22-17(21-11)23-27(25,26)13-8-6-12(7-9-13)16(24)18-2;1-10-19-15(13-4-2-3-9-18-13)21-16(20-10)22-26(24,25)12-7-5-11(6-8-12)14(17)23/h3-12H,1-2H3,(H,21,22,23,25);2-9H,1H3,(H,25,27)(H,22,23,24,26);3-10H,1-2H3,(H,18,24)(H,20,21,22,23);2-9H,1H3,(H2,17,23)(H,19,20,21,22). The molecule has 13 rings (SSSR count). The van der Waals surface area contributed by atoms with Gasteiger partial charge in [0.1, 0.15) is 46.1 Å². The molecular formula is C69H60F3N25O11S4. The average molecular weight is 1600 g/mol. The molecule has 9 aromatic heterocycles. The number of nitrogens with one attached hydrogen (secondary N) is 6. The second-order valence-electron chi connectivity index (χ2n) is 22.8. The number of rotatable bonds is 20. The number of halogens is 3. The van der Waals surface area contributed by atoms with E-state index in [1.807, 2.05) is 19.3 Å². The summed E-state index contributed by atoms with van der Waals surface area (Å²) in [6, 6.07) is 43.7. The molecule has 0 spiro atoms. The number of pyridine rings is 4. The van der Waals surface area contributed by atoms with Gasteiger partial charge >= 0.3 is 6.30 Å². The number of hydrogen-bond acceptors (Lipinski definition) is 28. The van der Waals surface area contributed by atoms with Gasteiger partial charge in [-0.2, -0.15) is 58.1 Å². The van der Waals surface area contributed by atoms with Crippen molar-refractivity contribution >= 4 is 81.6 Å². The Labute approximate surface area is 636 Å². The van der Waals surface area contributed by atoms with Crippen LogP contribution in [0.3, 0.4) is 0 Å². The highest BCUT2D eigenvalue weighted by Crippen LogP contribution is 2.25. The van der Waals surface area contributed by atoms with Crippen molar-refractivity contribution in [1.82, 2.24) is 100 Å². The van der Waals surface area contributed by atoms with Gasteiger partial charge in [-0.05, 0) is 167 Å². The lowest BCUT2D eigenvalue weighted by molar-refractivity contribution is -0.146. The van der Waals surface area contributed by atoms with E-state index in [9.17, 15) is 61.2 Å². The number of sulfonamides is 4. The molecule has 0 bridgehead atoms. The van der Waals surface area contributed by atoms with E-state index in [0.29, 0.717) is 51.6 Å². The summed E-state index contributed by atoms with van der Waals surface area (Å²) < 4.78 is 148. The predicted octanol–water partition coefficient (Wildman–Crippen LogP) is 7.28. The fraction of sp³-hybridized carbons (Fsp3) is 0.101. The van der Waals surface area contributed by atoms with E-state index in [-0.39, 0.29) is 83.7 Å². The number of benzene rings is 4. The van der Waals surface area contributed by atoms with Crippen LogP contribution in [0.4, 0.5) is 37.0 Å². The lowest BCUT2D eigenvalue weighted by Gasteiger charge is -2.10. The number of aryl methyl sites for hydroxylation is 5. The Kier molecular flexibility index (Phi) is 25.1. The van der Waals surface area contributed by atoms with Crippen LogP contribution in [-0.2, 0) is 47.1 Å². The maximum absolute atomic E-state index is 12.8. The summed E-state index contributed by atoms with van der Waals surface area (Å²) in [4.78, 5) is 99.6. The number of alkyl halides is 3. The van der Waals surface area contributed by atoms with Crippen molar-refractivity contribution in [1.29, 1.82) is 0 Å². The number of carbonyl (C=O) groups excluding carboxylic acids is 3. The summed E-state index contributed by atoms with van der Waals surface area (Å²) in [5, 5.41) is 7.60. The Morgan fingerprint density at radius 3 is 0.902 bits per heavy atom. The van der Waals surface area contributed by atoms with Crippen molar-refractivity contribution in [2.24, 2.45) is 12.8 Å². The average Bonchev–Trinajstić information content (AvgIpc) is 0.905. The molecule has 112 heavy (non-hydrogen) atoms. The molecule has 0 saturated carbocycles. The minimum Gasteiger partial charge on any atom is -0.366 e. The van der Waals surface area contributed by atoms with Gasteiger partial charge in [0, 0.05) is 67.3 Å². The first-order valence-corrected chi connectivity index (χ1v) is 38.1. The maximum atomic E-state index is 12.8. The third-order valence-electron chi connectivity index (χ3n) is 14.4. The van der Waals surface area contributed by atoms with E-state index >= 15 is 0 Å². The molecule has 0 saturated heterocycles. The molecule has 572 valence electrons. The fourth-order valence-electron chi connectivity index (χ4n) is 9.35. The van der Waals surface area contributed by atoms with Gasteiger partial charge in [-0.1, -0.05) is 36.4 Å². The van der Waals surface area contributed by atoms with Crippen molar-refractivity contribution in [2.75, 3.05) is 25.9 Å². The predicted molar refractivity (Wildman–Crippen MR) is 398 cm³/mol. The van der Waals surface area contributed by atoms with Gasteiger partial charge < -0.3 is 11.1 Å². The highest BCUT2D eigenvalue weighted by molar-refractivity contribution is 7.93. The second-order valence-corrected chi connectivity index (χ2v) is 29.5. The lowest BCUT2D eigenvalue weighted by atomic mass is 10.2. The van der Waals surface area contributed by atoms with Crippen LogP contribution < -0.4 is 35.3 Å². The van der Waals surface area contributed by atoms with Crippen molar-refractivity contribution < 1.29 is 61.2 Å². The highest BCUT2D eigenvalue weighted by Gasteiger charge is 2.31. The summed E-state index contributed by atoms with van der Waals surface area (Å²) >= 11 is 0. The van der Waals surface area contributed by atoms with E-state index in [4.69, 9.17) is 5.73 Å². The molecule has 0 atom stereocenters. The van der Waals surface area contributed by atoms with Crippen LogP contribution in [0.15, 0.2) is 226 Å². The van der Waals surface area contributed by atoms with Crippen LogP contribution in [0.5, 0.6) is 0 Å². The first-order chi connectivity index (χ1) is 53.2. The Morgan fingerprint density at radius 1 is 0.366 bits per heavy atom. The number of nitrogens with two attached hydrogens (primary N) is 1. The molecule has 0 unspecified atom stereocenters. The molecule has 0 radical (unpaired) electrons. The zero-order valence-corrected chi connectivity index (χ0v) is 62.3. The van der Waals surface area contributed by atoms with Crippen LogP contribution in [0.25, 0.3) is 57.3 Å². The van der Waals surface area contributed by atoms with Gasteiger partial charge in [0.05, 0.1) is 25.3 Å². The largest absolute Gasteiger partial charge is 0.484 e. The Bertz CT molecular complexity index is 6030. The van der Waals surface area contributed by atoms with Gasteiger partial charge in [0.2, 0.25) is 29.7 Å². The topological polar surface area (TPSA) is 510 Å². The first-order valence-electron chi connectivity index (χ1n) is 32.2. The van der Waals surface area contributed by atoms with Gasteiger partial charge in [0.25, 0.3) is 51.9 Å². The van der Waals surface area contributed by atoms with Gasteiger partial charge in [0.15, 0.2) is 23.3 Å². The van der Waals surface area contributed by atoms with Crippen molar-refractivity contribution in [3.63, 3.8) is 0 Å². The molecule has 3 amide bonds. The minimum atomic E-state index is -4.90. The molecular weight excluding hydrogens is 1540 g/mol. The van der Waals surface area contributed by atoms with Crippen LogP contribution >= 0.6 is 0 Å². The Hall–Kier alpha value is -14.1. The first kappa shape index (κ1) is 80.5. The third-order valence-corrected chi connectivity index (χ3v) is 19.8. The number of hydrogen-bond donors (Lipinski definition) is 7. The van der Waals surface area contributed by atoms with E-state index in [1.54, 1.807) is 136 Å². The van der Waals surface area contributed by atoms with Gasteiger partial charge in [-0.25, -0.2) is 72.5 Å². The zero-order valence-electron chi connectivity index (χ0n) is 59.0. The molecule has 36 nitrogen and oxygen atoms in total. The number of primary amides is 1. The summed E-state index contributed by atoms with van der Waals surface area (Å²) in [5.74, 6) is -0.670. The van der Waals surface area contributed by atoms with Crippen molar-refractivity contribution in [3.8, 4) is 57.3 Å². The second kappa shape index (κ2) is 34.9. The maximum Gasteiger partial charge on any atom is 0.484 e. The zero-order chi connectivity index (χ0) is 80.5. The normalized spacial score (nSPS) is 11.3. The molecule has 0 aliphatic rings. The molecule has 0 aliphatic carbocycles. The molecule has 4 aromatic carbocycles.